The smallest absolute Gasteiger partial charge is 0.170 e. The molecule has 0 atom stereocenters. The molecule has 0 bridgehead atoms. The Morgan fingerprint density at radius 3 is 2.75 bits per heavy atom. The highest BCUT2D eigenvalue weighted by atomic mass is 35.5. The van der Waals surface area contributed by atoms with Gasteiger partial charge in [-0.25, -0.2) is 4.98 Å². The molecule has 1 aromatic rings. The van der Waals surface area contributed by atoms with Crippen molar-refractivity contribution in [2.75, 3.05) is 11.9 Å². The third-order valence-electron chi connectivity index (χ3n) is 1.97. The fourth-order valence-corrected chi connectivity index (χ4v) is 1.51. The number of nitrogens with zero attached hydrogens (tertiary/aromatic N) is 1. The van der Waals surface area contributed by atoms with Crippen LogP contribution in [-0.4, -0.2) is 16.6 Å². The van der Waals surface area contributed by atoms with Crippen molar-refractivity contribution in [2.24, 2.45) is 5.92 Å². The van der Waals surface area contributed by atoms with Crippen molar-refractivity contribution in [3.8, 4) is 0 Å². The molecular formula is C11H16ClN3S. The molecule has 1 heterocycles. The Kier molecular flexibility index (Phi) is 4.96. The molecule has 1 aromatic heterocycles. The van der Waals surface area contributed by atoms with Gasteiger partial charge in [-0.1, -0.05) is 25.4 Å². The van der Waals surface area contributed by atoms with Gasteiger partial charge in [-0.15, -0.1) is 0 Å². The zero-order valence-electron chi connectivity index (χ0n) is 9.67. The number of rotatable bonds is 3. The maximum atomic E-state index is 5.77. The average Bonchev–Trinajstić information content (AvgIpc) is 2.19. The standard InChI is InChI=1S/C11H16ClN3S/c1-7(2)6-13-11(16)15-9-4-5-10(12)14-8(9)3/h4-5,7H,6H2,1-3H3,(H2,13,15,16). The van der Waals surface area contributed by atoms with E-state index in [1.165, 1.54) is 0 Å². The first-order valence-corrected chi connectivity index (χ1v) is 5.95. The predicted molar refractivity (Wildman–Crippen MR) is 73.0 cm³/mol. The minimum Gasteiger partial charge on any atom is -0.362 e. The highest BCUT2D eigenvalue weighted by molar-refractivity contribution is 7.80. The van der Waals surface area contributed by atoms with Gasteiger partial charge in [-0.05, 0) is 37.2 Å². The molecule has 5 heteroatoms. The first kappa shape index (κ1) is 13.2. The second-order valence-corrected chi connectivity index (χ2v) is 4.79. The summed E-state index contributed by atoms with van der Waals surface area (Å²) in [6.45, 7) is 7.00. The lowest BCUT2D eigenvalue weighted by atomic mass is 10.2. The highest BCUT2D eigenvalue weighted by Crippen LogP contribution is 2.15. The van der Waals surface area contributed by atoms with E-state index in [1.54, 1.807) is 6.07 Å². The Morgan fingerprint density at radius 1 is 1.50 bits per heavy atom. The SMILES string of the molecule is Cc1nc(Cl)ccc1NC(=S)NCC(C)C. The molecule has 0 aromatic carbocycles. The van der Waals surface area contributed by atoms with Gasteiger partial charge in [0, 0.05) is 6.54 Å². The third kappa shape index (κ3) is 4.33. The zero-order valence-corrected chi connectivity index (χ0v) is 11.2. The van der Waals surface area contributed by atoms with Crippen molar-refractivity contribution in [3.63, 3.8) is 0 Å². The molecule has 0 radical (unpaired) electrons. The maximum Gasteiger partial charge on any atom is 0.170 e. The van der Waals surface area contributed by atoms with E-state index in [-0.39, 0.29) is 0 Å². The van der Waals surface area contributed by atoms with Crippen LogP contribution < -0.4 is 10.6 Å². The molecule has 3 nitrogen and oxygen atoms in total. The van der Waals surface area contributed by atoms with E-state index >= 15 is 0 Å². The molecule has 0 aliphatic rings. The van der Waals surface area contributed by atoms with Gasteiger partial charge >= 0.3 is 0 Å². The molecule has 0 aliphatic heterocycles. The van der Waals surface area contributed by atoms with E-state index in [1.807, 2.05) is 13.0 Å². The van der Waals surface area contributed by atoms with E-state index in [9.17, 15) is 0 Å². The molecule has 0 amide bonds. The van der Waals surface area contributed by atoms with Crippen LogP contribution in [-0.2, 0) is 0 Å². The minimum absolute atomic E-state index is 0.490. The van der Waals surface area contributed by atoms with E-state index in [4.69, 9.17) is 23.8 Å². The van der Waals surface area contributed by atoms with Gasteiger partial charge in [0.2, 0.25) is 0 Å². The van der Waals surface area contributed by atoms with Gasteiger partial charge < -0.3 is 10.6 Å². The van der Waals surface area contributed by atoms with Crippen LogP contribution >= 0.6 is 23.8 Å². The van der Waals surface area contributed by atoms with Gasteiger partial charge in [0.05, 0.1) is 11.4 Å². The van der Waals surface area contributed by atoms with Crippen LogP contribution in [0.25, 0.3) is 0 Å². The summed E-state index contributed by atoms with van der Waals surface area (Å²) >= 11 is 10.9. The summed E-state index contributed by atoms with van der Waals surface area (Å²) in [5.41, 5.74) is 1.71. The average molecular weight is 258 g/mol. The number of hydrogen-bond acceptors (Lipinski definition) is 2. The molecule has 1 rings (SSSR count). The number of aryl methyl sites for hydroxylation is 1. The topological polar surface area (TPSA) is 37.0 Å². The number of aromatic nitrogens is 1. The number of thiocarbonyl (C=S) groups is 1. The summed E-state index contributed by atoms with van der Waals surface area (Å²) < 4.78 is 0. The fourth-order valence-electron chi connectivity index (χ4n) is 1.13. The summed E-state index contributed by atoms with van der Waals surface area (Å²) in [5, 5.41) is 7.33. The number of anilines is 1. The molecule has 0 fully saturated rings. The molecule has 2 N–H and O–H groups in total. The van der Waals surface area contributed by atoms with Crippen molar-refractivity contribution in [1.82, 2.24) is 10.3 Å². The van der Waals surface area contributed by atoms with Crippen molar-refractivity contribution in [3.05, 3.63) is 23.0 Å². The number of pyridine rings is 1. The first-order valence-electron chi connectivity index (χ1n) is 5.17. The molecule has 0 spiro atoms. The second-order valence-electron chi connectivity index (χ2n) is 4.00. The molecule has 0 saturated carbocycles. The highest BCUT2D eigenvalue weighted by Gasteiger charge is 2.03. The van der Waals surface area contributed by atoms with Crippen molar-refractivity contribution >= 4 is 34.6 Å². The molecule has 0 unspecified atom stereocenters. The summed E-state index contributed by atoms with van der Waals surface area (Å²) in [5.74, 6) is 0.559. The lowest BCUT2D eigenvalue weighted by Crippen LogP contribution is -2.31. The summed E-state index contributed by atoms with van der Waals surface area (Å²) in [6, 6.07) is 3.61. The van der Waals surface area contributed by atoms with Gasteiger partial charge in [0.25, 0.3) is 0 Å². The predicted octanol–water partition coefficient (Wildman–Crippen LogP) is 2.99. The van der Waals surface area contributed by atoms with Crippen LogP contribution in [0.1, 0.15) is 19.5 Å². The van der Waals surface area contributed by atoms with Gasteiger partial charge in [-0.3, -0.25) is 0 Å². The molecule has 16 heavy (non-hydrogen) atoms. The Labute approximate surface area is 107 Å². The van der Waals surface area contributed by atoms with Crippen LogP contribution in [0.2, 0.25) is 5.15 Å². The normalized spacial score (nSPS) is 10.3. The molecule has 0 aliphatic carbocycles. The van der Waals surface area contributed by atoms with E-state index < -0.39 is 0 Å². The quantitative estimate of drug-likeness (QED) is 0.645. The van der Waals surface area contributed by atoms with Crippen LogP contribution in [0.15, 0.2) is 12.1 Å². The number of hydrogen-bond donors (Lipinski definition) is 2. The summed E-state index contributed by atoms with van der Waals surface area (Å²) in [6.07, 6.45) is 0. The monoisotopic (exact) mass is 257 g/mol. The minimum atomic E-state index is 0.490. The summed E-state index contributed by atoms with van der Waals surface area (Å²) in [7, 11) is 0. The Hall–Kier alpha value is -0.870. The maximum absolute atomic E-state index is 5.77. The summed E-state index contributed by atoms with van der Waals surface area (Å²) in [4.78, 5) is 4.14. The first-order chi connectivity index (χ1) is 7.49. The Morgan fingerprint density at radius 2 is 2.19 bits per heavy atom. The van der Waals surface area contributed by atoms with Gasteiger partial charge in [0.15, 0.2) is 5.11 Å². The van der Waals surface area contributed by atoms with Gasteiger partial charge in [0.1, 0.15) is 5.15 Å². The third-order valence-corrected chi connectivity index (χ3v) is 2.43. The van der Waals surface area contributed by atoms with E-state index in [2.05, 4.69) is 29.5 Å². The van der Waals surface area contributed by atoms with Gasteiger partial charge in [-0.2, -0.15) is 0 Å². The van der Waals surface area contributed by atoms with Crippen LogP contribution in [0.5, 0.6) is 0 Å². The Bertz CT molecular complexity index is 379. The zero-order chi connectivity index (χ0) is 12.1. The number of halogens is 1. The fraction of sp³-hybridized carbons (Fsp3) is 0.455. The molecular weight excluding hydrogens is 242 g/mol. The van der Waals surface area contributed by atoms with Crippen molar-refractivity contribution in [1.29, 1.82) is 0 Å². The Balaban J connectivity index is 2.56. The van der Waals surface area contributed by atoms with Crippen molar-refractivity contribution < 1.29 is 0 Å². The van der Waals surface area contributed by atoms with Crippen LogP contribution in [0, 0.1) is 12.8 Å². The van der Waals surface area contributed by atoms with Crippen LogP contribution in [0.3, 0.4) is 0 Å². The van der Waals surface area contributed by atoms with Crippen LogP contribution in [0.4, 0.5) is 5.69 Å². The second kappa shape index (κ2) is 6.01. The molecule has 0 saturated heterocycles. The van der Waals surface area contributed by atoms with E-state index in [0.717, 1.165) is 17.9 Å². The van der Waals surface area contributed by atoms with E-state index in [0.29, 0.717) is 16.2 Å². The van der Waals surface area contributed by atoms with Crippen molar-refractivity contribution in [2.45, 2.75) is 20.8 Å². The number of nitrogens with one attached hydrogen (secondary N) is 2. The lowest BCUT2D eigenvalue weighted by molar-refractivity contribution is 0.627. The largest absolute Gasteiger partial charge is 0.362 e. The molecule has 88 valence electrons. The lowest BCUT2D eigenvalue weighted by Gasteiger charge is -2.13.